The Morgan fingerprint density at radius 3 is 2.69 bits per heavy atom. The third-order valence-electron chi connectivity index (χ3n) is 4.05. The van der Waals surface area contributed by atoms with Gasteiger partial charge in [0.2, 0.25) is 0 Å². The van der Waals surface area contributed by atoms with Gasteiger partial charge in [-0.05, 0) is 48.5 Å². The molecule has 2 heterocycles. The second kappa shape index (κ2) is 7.86. The molecule has 4 rings (SSSR count). The molecule has 0 radical (unpaired) electrons. The van der Waals surface area contributed by atoms with Crippen molar-refractivity contribution in [3.63, 3.8) is 0 Å². The van der Waals surface area contributed by atoms with E-state index < -0.39 is 10.8 Å². The predicted molar refractivity (Wildman–Crippen MR) is 113 cm³/mol. The Labute approximate surface area is 173 Å². The Balaban J connectivity index is 1.44. The number of nitrogens with zero attached hydrogens (tertiary/aromatic N) is 2. The number of carbonyl (C=O) groups excluding carboxylic acids is 1. The standard InChI is InChI=1S/C20H12ClN3O4S/c21-14-3-1-12(2-4-14)17-7-6-16(28-17)11-22-23-20(25)19-10-13-9-15(24(26)27)5-8-18(13)29-19/h1-11H,(H,23,25)/b22-11-. The lowest BCUT2D eigenvalue weighted by molar-refractivity contribution is -0.384. The smallest absolute Gasteiger partial charge is 0.281 e. The molecule has 144 valence electrons. The van der Waals surface area contributed by atoms with Gasteiger partial charge in [0.05, 0.1) is 16.0 Å². The van der Waals surface area contributed by atoms with E-state index in [1.165, 1.54) is 29.7 Å². The number of nitro groups is 1. The Bertz CT molecular complexity index is 1240. The van der Waals surface area contributed by atoms with Crippen LogP contribution in [0.2, 0.25) is 5.02 Å². The van der Waals surface area contributed by atoms with Gasteiger partial charge >= 0.3 is 0 Å². The molecule has 0 aliphatic heterocycles. The first-order chi connectivity index (χ1) is 14.0. The molecule has 7 nitrogen and oxygen atoms in total. The van der Waals surface area contributed by atoms with E-state index in [0.29, 0.717) is 26.8 Å². The van der Waals surface area contributed by atoms with Crippen molar-refractivity contribution < 1.29 is 14.1 Å². The van der Waals surface area contributed by atoms with Gasteiger partial charge in [0.25, 0.3) is 11.6 Å². The van der Waals surface area contributed by atoms with E-state index in [2.05, 4.69) is 10.5 Å². The summed E-state index contributed by atoms with van der Waals surface area (Å²) in [5.74, 6) is 0.720. The zero-order valence-corrected chi connectivity index (χ0v) is 16.2. The number of furan rings is 1. The first kappa shape index (κ1) is 18.9. The second-order valence-corrected chi connectivity index (χ2v) is 7.52. The highest BCUT2D eigenvalue weighted by atomic mass is 35.5. The zero-order valence-electron chi connectivity index (χ0n) is 14.7. The molecule has 0 unspecified atom stereocenters. The number of hydrogen-bond acceptors (Lipinski definition) is 6. The summed E-state index contributed by atoms with van der Waals surface area (Å²) < 4.78 is 6.46. The molecule has 0 aliphatic carbocycles. The summed E-state index contributed by atoms with van der Waals surface area (Å²) in [5, 5.41) is 16.1. The van der Waals surface area contributed by atoms with Crippen molar-refractivity contribution in [2.45, 2.75) is 0 Å². The molecule has 0 fully saturated rings. The number of nitrogens with one attached hydrogen (secondary N) is 1. The molecule has 0 spiro atoms. The molecule has 0 atom stereocenters. The number of nitro benzene ring substituents is 1. The van der Waals surface area contributed by atoms with Crippen LogP contribution in [0.3, 0.4) is 0 Å². The molecule has 2 aromatic carbocycles. The molecule has 0 aliphatic rings. The minimum Gasteiger partial charge on any atom is -0.455 e. The summed E-state index contributed by atoms with van der Waals surface area (Å²) >= 11 is 7.11. The topological polar surface area (TPSA) is 97.7 Å². The Morgan fingerprint density at radius 2 is 1.93 bits per heavy atom. The van der Waals surface area contributed by atoms with Crippen LogP contribution in [0.15, 0.2) is 70.2 Å². The van der Waals surface area contributed by atoms with Crippen LogP contribution in [0.4, 0.5) is 5.69 Å². The molecule has 2 aromatic heterocycles. The summed E-state index contributed by atoms with van der Waals surface area (Å²) in [7, 11) is 0. The number of amides is 1. The number of fused-ring (bicyclic) bond motifs is 1. The van der Waals surface area contributed by atoms with Crippen LogP contribution >= 0.6 is 22.9 Å². The minimum atomic E-state index is -0.469. The van der Waals surface area contributed by atoms with Crippen LogP contribution < -0.4 is 5.43 Å². The Morgan fingerprint density at radius 1 is 1.14 bits per heavy atom. The van der Waals surface area contributed by atoms with E-state index in [1.807, 2.05) is 12.1 Å². The van der Waals surface area contributed by atoms with Crippen molar-refractivity contribution in [1.82, 2.24) is 5.43 Å². The van der Waals surface area contributed by atoms with Crippen molar-refractivity contribution in [2.24, 2.45) is 5.10 Å². The van der Waals surface area contributed by atoms with Gasteiger partial charge in [0.15, 0.2) is 0 Å². The van der Waals surface area contributed by atoms with E-state index in [1.54, 1.807) is 36.4 Å². The maximum atomic E-state index is 12.3. The summed E-state index contributed by atoms with van der Waals surface area (Å²) in [6, 6.07) is 16.8. The number of non-ortho nitro benzene ring substituents is 1. The fourth-order valence-corrected chi connectivity index (χ4v) is 3.72. The lowest BCUT2D eigenvalue weighted by Gasteiger charge is -1.96. The molecule has 29 heavy (non-hydrogen) atoms. The average Bonchev–Trinajstić information content (AvgIpc) is 3.35. The number of thiophene rings is 1. The van der Waals surface area contributed by atoms with Crippen LogP contribution in [0.5, 0.6) is 0 Å². The van der Waals surface area contributed by atoms with Crippen molar-refractivity contribution in [3.8, 4) is 11.3 Å². The van der Waals surface area contributed by atoms with Gasteiger partial charge in [-0.25, -0.2) is 5.43 Å². The number of hydrazone groups is 1. The van der Waals surface area contributed by atoms with Crippen LogP contribution in [-0.2, 0) is 0 Å². The first-order valence-electron chi connectivity index (χ1n) is 8.37. The van der Waals surface area contributed by atoms with E-state index in [0.717, 1.165) is 10.3 Å². The van der Waals surface area contributed by atoms with Crippen molar-refractivity contribution in [1.29, 1.82) is 0 Å². The molecule has 0 saturated carbocycles. The average molecular weight is 426 g/mol. The quantitative estimate of drug-likeness (QED) is 0.260. The minimum absolute atomic E-state index is 0.0189. The van der Waals surface area contributed by atoms with Crippen LogP contribution in [0, 0.1) is 10.1 Å². The lowest BCUT2D eigenvalue weighted by Crippen LogP contribution is -2.15. The van der Waals surface area contributed by atoms with E-state index in [9.17, 15) is 14.9 Å². The van der Waals surface area contributed by atoms with Crippen LogP contribution in [-0.4, -0.2) is 17.0 Å². The largest absolute Gasteiger partial charge is 0.455 e. The number of benzene rings is 2. The van der Waals surface area contributed by atoms with Crippen molar-refractivity contribution in [2.75, 3.05) is 0 Å². The van der Waals surface area contributed by atoms with Gasteiger partial charge in [-0.1, -0.05) is 11.6 Å². The van der Waals surface area contributed by atoms with Gasteiger partial charge in [0, 0.05) is 32.8 Å². The molecular weight excluding hydrogens is 414 g/mol. The second-order valence-electron chi connectivity index (χ2n) is 6.00. The molecule has 0 saturated heterocycles. The maximum Gasteiger partial charge on any atom is 0.281 e. The lowest BCUT2D eigenvalue weighted by atomic mass is 10.2. The summed E-state index contributed by atoms with van der Waals surface area (Å²) in [6.07, 6.45) is 1.40. The van der Waals surface area contributed by atoms with E-state index in [4.69, 9.17) is 16.0 Å². The number of carbonyl (C=O) groups is 1. The van der Waals surface area contributed by atoms with Crippen molar-refractivity contribution in [3.05, 3.63) is 86.4 Å². The van der Waals surface area contributed by atoms with Gasteiger partial charge < -0.3 is 4.42 Å². The summed E-state index contributed by atoms with van der Waals surface area (Å²) in [5.41, 5.74) is 3.29. The predicted octanol–water partition coefficient (Wildman–Crippen LogP) is 5.49. The molecular formula is C20H12ClN3O4S. The SMILES string of the molecule is O=C(N/N=C\c1ccc(-c2ccc(Cl)cc2)o1)c1cc2cc([N+](=O)[O-])ccc2s1. The zero-order chi connectivity index (χ0) is 20.4. The number of hydrogen-bond donors (Lipinski definition) is 1. The third-order valence-corrected chi connectivity index (χ3v) is 5.41. The highest BCUT2D eigenvalue weighted by Crippen LogP contribution is 2.29. The van der Waals surface area contributed by atoms with Crippen molar-refractivity contribution >= 4 is 50.8 Å². The van der Waals surface area contributed by atoms with Crippen LogP contribution in [0.1, 0.15) is 15.4 Å². The monoisotopic (exact) mass is 425 g/mol. The first-order valence-corrected chi connectivity index (χ1v) is 9.56. The molecule has 9 heteroatoms. The maximum absolute atomic E-state index is 12.3. The summed E-state index contributed by atoms with van der Waals surface area (Å²) in [4.78, 5) is 23.1. The Kier molecular flexibility index (Phi) is 5.11. The molecule has 1 amide bonds. The fraction of sp³-hybridized carbons (Fsp3) is 0. The highest BCUT2D eigenvalue weighted by Gasteiger charge is 2.13. The van der Waals surface area contributed by atoms with Crippen LogP contribution in [0.25, 0.3) is 21.4 Å². The normalized spacial score (nSPS) is 11.2. The Hall–Kier alpha value is -3.49. The highest BCUT2D eigenvalue weighted by molar-refractivity contribution is 7.20. The van der Waals surface area contributed by atoms with Gasteiger partial charge in [0.1, 0.15) is 11.5 Å². The van der Waals surface area contributed by atoms with Gasteiger partial charge in [-0.3, -0.25) is 14.9 Å². The van der Waals surface area contributed by atoms with Gasteiger partial charge in [-0.15, -0.1) is 11.3 Å². The number of rotatable bonds is 5. The van der Waals surface area contributed by atoms with E-state index >= 15 is 0 Å². The van der Waals surface area contributed by atoms with E-state index in [-0.39, 0.29) is 5.69 Å². The number of halogens is 1. The molecule has 1 N–H and O–H groups in total. The molecule has 4 aromatic rings. The van der Waals surface area contributed by atoms with Gasteiger partial charge in [-0.2, -0.15) is 5.10 Å². The molecule has 0 bridgehead atoms. The summed E-state index contributed by atoms with van der Waals surface area (Å²) in [6.45, 7) is 0. The third kappa shape index (κ3) is 4.18. The fourth-order valence-electron chi connectivity index (χ4n) is 2.66.